The minimum absolute atomic E-state index is 0.129. The molecular formula is C28H42N4O3. The SMILES string of the molecule is CCCN1CC(=O)N2CC[C@@H](CC(=O)NCCN3CCCC3)[C@@H](/C=C/COc3ccccc3C1)C2. The number of piperidine rings is 1. The Morgan fingerprint density at radius 1 is 1.09 bits per heavy atom. The number of rotatable bonds is 7. The Balaban J connectivity index is 1.40. The van der Waals surface area contributed by atoms with E-state index in [2.05, 4.69) is 40.3 Å². The van der Waals surface area contributed by atoms with Crippen LogP contribution in [0.5, 0.6) is 5.75 Å². The molecule has 2 amide bonds. The highest BCUT2D eigenvalue weighted by Gasteiger charge is 2.32. The van der Waals surface area contributed by atoms with Crippen molar-refractivity contribution in [2.24, 2.45) is 11.8 Å². The number of para-hydroxylation sites is 1. The van der Waals surface area contributed by atoms with Crippen molar-refractivity contribution in [3.8, 4) is 5.75 Å². The topological polar surface area (TPSA) is 65.1 Å². The summed E-state index contributed by atoms with van der Waals surface area (Å²) in [6.07, 6.45) is 9.14. The molecule has 1 aromatic rings. The Bertz CT molecular complexity index is 868. The van der Waals surface area contributed by atoms with Crippen LogP contribution >= 0.6 is 0 Å². The van der Waals surface area contributed by atoms with E-state index in [0.717, 1.165) is 63.4 Å². The third-order valence-corrected chi connectivity index (χ3v) is 7.54. The van der Waals surface area contributed by atoms with Crippen molar-refractivity contribution in [3.05, 3.63) is 42.0 Å². The number of carbonyl (C=O) groups is 2. The molecule has 1 aromatic carbocycles. The number of hydrogen-bond acceptors (Lipinski definition) is 5. The maximum Gasteiger partial charge on any atom is 0.236 e. The highest BCUT2D eigenvalue weighted by Crippen LogP contribution is 2.29. The molecular weight excluding hydrogens is 440 g/mol. The Morgan fingerprint density at radius 2 is 1.91 bits per heavy atom. The van der Waals surface area contributed by atoms with Crippen molar-refractivity contribution in [1.82, 2.24) is 20.0 Å². The number of fused-ring (bicyclic) bond motifs is 3. The first-order valence-electron chi connectivity index (χ1n) is 13.5. The maximum atomic E-state index is 13.3. The molecule has 35 heavy (non-hydrogen) atoms. The zero-order valence-electron chi connectivity index (χ0n) is 21.3. The molecule has 2 fully saturated rings. The second kappa shape index (κ2) is 13.1. The fraction of sp³-hybridized carbons (Fsp3) is 0.643. The van der Waals surface area contributed by atoms with E-state index < -0.39 is 0 Å². The predicted octanol–water partition coefficient (Wildman–Crippen LogP) is 2.91. The van der Waals surface area contributed by atoms with Crippen LogP contribution in [-0.4, -0.2) is 85.5 Å². The molecule has 3 aliphatic heterocycles. The molecule has 3 aliphatic rings. The fourth-order valence-electron chi connectivity index (χ4n) is 5.60. The maximum absolute atomic E-state index is 13.3. The normalized spacial score (nSPS) is 25.1. The van der Waals surface area contributed by atoms with Crippen LogP contribution in [0, 0.1) is 11.8 Å². The molecule has 3 heterocycles. The van der Waals surface area contributed by atoms with E-state index in [1.165, 1.54) is 12.8 Å². The molecule has 1 N–H and O–H groups in total. The van der Waals surface area contributed by atoms with E-state index in [-0.39, 0.29) is 23.7 Å². The van der Waals surface area contributed by atoms with Crippen molar-refractivity contribution in [2.45, 2.75) is 45.6 Å². The first kappa shape index (κ1) is 25.7. The lowest BCUT2D eigenvalue weighted by Gasteiger charge is -2.38. The zero-order chi connectivity index (χ0) is 24.5. The second-order valence-electron chi connectivity index (χ2n) is 10.2. The lowest BCUT2D eigenvalue weighted by atomic mass is 9.82. The van der Waals surface area contributed by atoms with Crippen LogP contribution in [-0.2, 0) is 16.1 Å². The number of ether oxygens (including phenoxy) is 1. The Hall–Kier alpha value is -2.38. The number of nitrogens with zero attached hydrogens (tertiary/aromatic N) is 3. The summed E-state index contributed by atoms with van der Waals surface area (Å²) in [6, 6.07) is 8.11. The second-order valence-corrected chi connectivity index (χ2v) is 10.2. The summed E-state index contributed by atoms with van der Waals surface area (Å²) < 4.78 is 6.11. The van der Waals surface area contributed by atoms with Gasteiger partial charge in [0.15, 0.2) is 0 Å². The number of likely N-dealkylation sites (tertiary alicyclic amines) is 1. The van der Waals surface area contributed by atoms with Gasteiger partial charge in [-0.25, -0.2) is 0 Å². The van der Waals surface area contributed by atoms with Gasteiger partial charge in [0.1, 0.15) is 12.4 Å². The van der Waals surface area contributed by atoms with Crippen molar-refractivity contribution < 1.29 is 14.3 Å². The summed E-state index contributed by atoms with van der Waals surface area (Å²) in [4.78, 5) is 32.6. The van der Waals surface area contributed by atoms with Gasteiger partial charge in [-0.3, -0.25) is 14.5 Å². The lowest BCUT2D eigenvalue weighted by molar-refractivity contribution is -0.135. The van der Waals surface area contributed by atoms with Gasteiger partial charge in [-0.15, -0.1) is 0 Å². The number of hydrogen-bond donors (Lipinski definition) is 1. The molecule has 2 atom stereocenters. The zero-order valence-corrected chi connectivity index (χ0v) is 21.3. The lowest BCUT2D eigenvalue weighted by Crippen LogP contribution is -2.48. The van der Waals surface area contributed by atoms with E-state index in [1.807, 2.05) is 23.1 Å². The molecule has 192 valence electrons. The quantitative estimate of drug-likeness (QED) is 0.606. The van der Waals surface area contributed by atoms with Gasteiger partial charge in [-0.2, -0.15) is 0 Å². The average Bonchev–Trinajstić information content (AvgIpc) is 3.37. The van der Waals surface area contributed by atoms with Gasteiger partial charge in [0.25, 0.3) is 0 Å². The average molecular weight is 483 g/mol. The van der Waals surface area contributed by atoms with Crippen LogP contribution in [0.25, 0.3) is 0 Å². The van der Waals surface area contributed by atoms with E-state index in [9.17, 15) is 9.59 Å². The summed E-state index contributed by atoms with van der Waals surface area (Å²) in [5.41, 5.74) is 1.11. The summed E-state index contributed by atoms with van der Waals surface area (Å²) in [7, 11) is 0. The van der Waals surface area contributed by atoms with Crippen LogP contribution in [0.15, 0.2) is 36.4 Å². The van der Waals surface area contributed by atoms with Crippen molar-refractivity contribution in [3.63, 3.8) is 0 Å². The molecule has 0 saturated carbocycles. The van der Waals surface area contributed by atoms with Gasteiger partial charge in [-0.05, 0) is 63.2 Å². The third kappa shape index (κ3) is 7.55. The largest absolute Gasteiger partial charge is 0.489 e. The van der Waals surface area contributed by atoms with Gasteiger partial charge in [0.05, 0.1) is 6.54 Å². The molecule has 2 saturated heterocycles. The van der Waals surface area contributed by atoms with Crippen molar-refractivity contribution in [2.75, 3.05) is 59.0 Å². The molecule has 0 unspecified atom stereocenters. The Kier molecular flexibility index (Phi) is 9.60. The monoisotopic (exact) mass is 482 g/mol. The van der Waals surface area contributed by atoms with Gasteiger partial charge in [-0.1, -0.05) is 37.3 Å². The third-order valence-electron chi connectivity index (χ3n) is 7.54. The molecule has 0 aromatic heterocycles. The highest BCUT2D eigenvalue weighted by atomic mass is 16.5. The van der Waals surface area contributed by atoms with Gasteiger partial charge in [0.2, 0.25) is 11.8 Å². The van der Waals surface area contributed by atoms with Crippen molar-refractivity contribution >= 4 is 11.8 Å². The first-order valence-corrected chi connectivity index (χ1v) is 13.5. The van der Waals surface area contributed by atoms with E-state index in [1.54, 1.807) is 0 Å². The van der Waals surface area contributed by atoms with Gasteiger partial charge >= 0.3 is 0 Å². The fourth-order valence-corrected chi connectivity index (χ4v) is 5.60. The van der Waals surface area contributed by atoms with Crippen LogP contribution < -0.4 is 10.1 Å². The van der Waals surface area contributed by atoms with Crippen LogP contribution in [0.4, 0.5) is 0 Å². The number of carbonyl (C=O) groups excluding carboxylic acids is 2. The molecule has 7 heteroatoms. The molecule has 0 radical (unpaired) electrons. The molecule has 4 rings (SSSR count). The summed E-state index contributed by atoms with van der Waals surface area (Å²) in [5, 5.41) is 3.13. The smallest absolute Gasteiger partial charge is 0.236 e. The highest BCUT2D eigenvalue weighted by molar-refractivity contribution is 5.79. The first-order chi connectivity index (χ1) is 17.1. The summed E-state index contributed by atoms with van der Waals surface area (Å²) >= 11 is 0. The van der Waals surface area contributed by atoms with E-state index in [0.29, 0.717) is 32.7 Å². The minimum atomic E-state index is 0.129. The van der Waals surface area contributed by atoms with Crippen LogP contribution in [0.2, 0.25) is 0 Å². The summed E-state index contributed by atoms with van der Waals surface area (Å²) in [6.45, 7) is 9.99. The van der Waals surface area contributed by atoms with Crippen LogP contribution in [0.1, 0.15) is 44.6 Å². The number of nitrogens with one attached hydrogen (secondary N) is 1. The Morgan fingerprint density at radius 3 is 2.74 bits per heavy atom. The van der Waals surface area contributed by atoms with E-state index >= 15 is 0 Å². The minimum Gasteiger partial charge on any atom is -0.489 e. The molecule has 0 aliphatic carbocycles. The van der Waals surface area contributed by atoms with Crippen LogP contribution in [0.3, 0.4) is 0 Å². The van der Waals surface area contributed by atoms with Gasteiger partial charge < -0.3 is 19.9 Å². The molecule has 2 bridgehead atoms. The number of amides is 2. The number of benzene rings is 1. The molecule has 7 nitrogen and oxygen atoms in total. The predicted molar refractivity (Wildman–Crippen MR) is 138 cm³/mol. The Labute approximate surface area is 210 Å². The standard InChI is InChI=1S/C28H42N4O3/c1-2-13-31-20-25-8-3-4-10-26(25)35-18-7-9-24-21-32(28(34)22-31)16-11-23(24)19-27(33)29-12-17-30-14-5-6-15-30/h3-4,7-10,23-24H,2,5-6,11-22H2,1H3,(H,29,33)/b9-7+/t23-,24-/m0/s1. The molecule has 0 spiro atoms. The van der Waals surface area contributed by atoms with Gasteiger partial charge in [0, 0.05) is 44.7 Å². The van der Waals surface area contributed by atoms with Crippen molar-refractivity contribution in [1.29, 1.82) is 0 Å². The van der Waals surface area contributed by atoms with E-state index in [4.69, 9.17) is 4.74 Å². The summed E-state index contributed by atoms with van der Waals surface area (Å²) in [5.74, 6) is 1.59.